The molecule has 13 nitrogen and oxygen atoms in total. The normalized spacial score (nSPS) is 20.6. The van der Waals surface area contributed by atoms with Crippen LogP contribution in [0.3, 0.4) is 0 Å². The summed E-state index contributed by atoms with van der Waals surface area (Å²) in [4.78, 5) is 57.9. The maximum atomic E-state index is 13.8. The number of anilines is 4. The van der Waals surface area contributed by atoms with Crippen molar-refractivity contribution in [2.24, 2.45) is 0 Å². The molecule has 2 unspecified atom stereocenters. The fourth-order valence-corrected chi connectivity index (χ4v) is 8.33. The highest BCUT2D eigenvalue weighted by Crippen LogP contribution is 2.40. The third-order valence-corrected chi connectivity index (χ3v) is 11.4. The molecular weight excluding hydrogens is 786 g/mol. The number of ether oxygens (including phenoxy) is 1. The number of nitriles is 1. The van der Waals surface area contributed by atoms with Crippen molar-refractivity contribution in [2.45, 2.75) is 83.7 Å². The van der Waals surface area contributed by atoms with Gasteiger partial charge in [-0.25, -0.2) is 0 Å². The maximum absolute atomic E-state index is 13.8. The molecule has 0 bridgehead atoms. The fraction of sp³-hybridized carbons (Fsp3) is 0.429. The minimum atomic E-state index is -4.80. The third kappa shape index (κ3) is 9.19. The van der Waals surface area contributed by atoms with E-state index in [1.807, 2.05) is 26.0 Å². The molecule has 3 fully saturated rings. The van der Waals surface area contributed by atoms with E-state index in [4.69, 9.17) is 17.0 Å². The molecule has 3 aromatic carbocycles. The number of aryl methyl sites for hydroxylation is 1. The van der Waals surface area contributed by atoms with Crippen molar-refractivity contribution in [3.63, 3.8) is 0 Å². The number of carbonyl (C=O) groups is 4. The van der Waals surface area contributed by atoms with Crippen LogP contribution in [0, 0.1) is 11.3 Å². The van der Waals surface area contributed by atoms with Crippen LogP contribution in [0.2, 0.25) is 0 Å². The van der Waals surface area contributed by atoms with Gasteiger partial charge in [-0.15, -0.1) is 0 Å². The lowest BCUT2D eigenvalue weighted by Gasteiger charge is -2.42. The zero-order valence-electron chi connectivity index (χ0n) is 33.5. The van der Waals surface area contributed by atoms with E-state index in [0.29, 0.717) is 55.3 Å². The molecule has 3 atom stereocenters. The standard InChI is InChI=1S/C42H47F3N8O5S/c1-6-27-20-32(53-40(59)52(39(57)41(53,4)5)31-11-10-28(23-46)33(22-31)42(43,44)45)12-14-35(27)58-19-18-50-16-17-51(25(2)24-50)26(3)37(55)48-30-9-7-8-29(21-30)47-34-13-15-36(54)49-38(34)56/h7-12,14,20-22,25-26,34,47H,6,13,15-19,24H2,1-5H3,(H,48,55)(H,49,54,56)/t25-,26?,34?/m0/s1. The van der Waals surface area contributed by atoms with Gasteiger partial charge in [0.05, 0.1) is 28.9 Å². The molecule has 0 saturated carbocycles. The van der Waals surface area contributed by atoms with Crippen molar-refractivity contribution in [1.29, 1.82) is 5.26 Å². The molecule has 0 spiro atoms. The Labute approximate surface area is 346 Å². The lowest BCUT2D eigenvalue weighted by Crippen LogP contribution is -2.57. The Bertz CT molecular complexity index is 2190. The second-order valence-electron chi connectivity index (χ2n) is 15.4. The number of rotatable bonds is 12. The number of carbonyl (C=O) groups excluding carboxylic acids is 4. The molecule has 6 rings (SSSR count). The Morgan fingerprint density at radius 1 is 1.07 bits per heavy atom. The van der Waals surface area contributed by atoms with Gasteiger partial charge in [0.2, 0.25) is 17.7 Å². The summed E-state index contributed by atoms with van der Waals surface area (Å²) in [5, 5.41) is 17.7. The summed E-state index contributed by atoms with van der Waals surface area (Å²) in [6.07, 6.45) is -3.54. The number of amides is 4. The van der Waals surface area contributed by atoms with Crippen molar-refractivity contribution in [3.05, 3.63) is 77.4 Å². The number of alkyl halides is 3. The van der Waals surface area contributed by atoms with Crippen LogP contribution in [0.1, 0.15) is 64.2 Å². The zero-order chi connectivity index (χ0) is 42.8. The Balaban J connectivity index is 1.03. The van der Waals surface area contributed by atoms with Crippen LogP contribution < -0.4 is 30.5 Å². The Morgan fingerprint density at radius 3 is 2.47 bits per heavy atom. The molecule has 3 aromatic rings. The van der Waals surface area contributed by atoms with Crippen molar-refractivity contribution < 1.29 is 37.1 Å². The summed E-state index contributed by atoms with van der Waals surface area (Å²) >= 11 is 5.72. The predicted molar refractivity (Wildman–Crippen MR) is 221 cm³/mol. The lowest BCUT2D eigenvalue weighted by atomic mass is 10.0. The van der Waals surface area contributed by atoms with Crippen molar-refractivity contribution in [1.82, 2.24) is 15.1 Å². The van der Waals surface area contributed by atoms with E-state index >= 15 is 0 Å². The van der Waals surface area contributed by atoms with Gasteiger partial charge in [-0.2, -0.15) is 18.4 Å². The number of halogens is 3. The summed E-state index contributed by atoms with van der Waals surface area (Å²) in [7, 11) is 0. The first-order chi connectivity index (χ1) is 27.9. The van der Waals surface area contributed by atoms with E-state index in [2.05, 4.69) is 32.7 Å². The van der Waals surface area contributed by atoms with Crippen LogP contribution in [0.4, 0.5) is 35.9 Å². The van der Waals surface area contributed by atoms with Gasteiger partial charge in [-0.05, 0) is 113 Å². The third-order valence-electron chi connectivity index (χ3n) is 11.1. The number of benzene rings is 3. The molecule has 3 aliphatic heterocycles. The van der Waals surface area contributed by atoms with E-state index in [-0.39, 0.29) is 41.0 Å². The van der Waals surface area contributed by atoms with Gasteiger partial charge in [-0.1, -0.05) is 13.0 Å². The second-order valence-corrected chi connectivity index (χ2v) is 15.8. The van der Waals surface area contributed by atoms with E-state index in [9.17, 15) is 37.6 Å². The first-order valence-corrected chi connectivity index (χ1v) is 19.9. The highest BCUT2D eigenvalue weighted by Gasteiger charge is 2.51. The first kappa shape index (κ1) is 43.0. The van der Waals surface area contributed by atoms with Crippen LogP contribution in [-0.4, -0.2) is 95.0 Å². The number of piperazine rings is 1. The zero-order valence-corrected chi connectivity index (χ0v) is 34.3. The monoisotopic (exact) mass is 832 g/mol. The summed E-state index contributed by atoms with van der Waals surface area (Å²) < 4.78 is 47.6. The number of nitrogens with one attached hydrogen (secondary N) is 3. The topological polar surface area (TPSA) is 150 Å². The van der Waals surface area contributed by atoms with E-state index in [0.717, 1.165) is 35.7 Å². The van der Waals surface area contributed by atoms with Gasteiger partial charge < -0.3 is 20.3 Å². The molecule has 312 valence electrons. The fourth-order valence-electron chi connectivity index (χ4n) is 7.81. The minimum absolute atomic E-state index is 0.0159. The molecule has 0 radical (unpaired) electrons. The van der Waals surface area contributed by atoms with Crippen LogP contribution in [-0.2, 0) is 31.8 Å². The summed E-state index contributed by atoms with van der Waals surface area (Å²) in [5.41, 5.74) is -0.290. The molecule has 17 heteroatoms. The number of imide groups is 1. The molecule has 3 saturated heterocycles. The van der Waals surface area contributed by atoms with E-state index in [1.165, 1.54) is 6.07 Å². The molecule has 3 N–H and O–H groups in total. The maximum Gasteiger partial charge on any atom is 0.417 e. The van der Waals surface area contributed by atoms with E-state index < -0.39 is 40.8 Å². The smallest absolute Gasteiger partial charge is 0.417 e. The van der Waals surface area contributed by atoms with Crippen LogP contribution in [0.5, 0.6) is 5.75 Å². The van der Waals surface area contributed by atoms with Crippen molar-refractivity contribution >= 4 is 63.7 Å². The quantitative estimate of drug-likeness (QED) is 0.153. The average molecular weight is 833 g/mol. The Hall–Kier alpha value is -5.57. The van der Waals surface area contributed by atoms with Gasteiger partial charge in [0.1, 0.15) is 23.9 Å². The molecule has 3 heterocycles. The van der Waals surface area contributed by atoms with E-state index in [1.54, 1.807) is 55.1 Å². The van der Waals surface area contributed by atoms with Gasteiger partial charge >= 0.3 is 6.18 Å². The lowest BCUT2D eigenvalue weighted by molar-refractivity contribution is -0.138. The number of hydrogen-bond acceptors (Lipinski definition) is 10. The molecule has 4 amide bonds. The molecule has 0 aliphatic carbocycles. The van der Waals surface area contributed by atoms with Crippen LogP contribution >= 0.6 is 12.2 Å². The Kier molecular flexibility index (Phi) is 12.6. The SMILES string of the molecule is CCc1cc(N2C(=S)N(c3ccc(C#N)c(C(F)(F)F)c3)C(=O)C2(C)C)ccc1OCCN1CCN(C(C)C(=O)Nc2cccc(NC3CCC(=O)NC3=O)c2)[C@@H](C)C1. The minimum Gasteiger partial charge on any atom is -0.492 e. The second kappa shape index (κ2) is 17.3. The summed E-state index contributed by atoms with van der Waals surface area (Å²) in [6, 6.07) is 16.4. The number of nitrogens with zero attached hydrogens (tertiary/aromatic N) is 5. The molecule has 3 aliphatic rings. The molecular formula is C42H47F3N8O5S. The number of piperidine rings is 1. The highest BCUT2D eigenvalue weighted by molar-refractivity contribution is 7.81. The van der Waals surface area contributed by atoms with Gasteiger partial charge in [0.15, 0.2) is 5.11 Å². The van der Waals surface area contributed by atoms with Gasteiger partial charge in [0, 0.05) is 55.7 Å². The Morgan fingerprint density at radius 2 is 1.80 bits per heavy atom. The van der Waals surface area contributed by atoms with Crippen molar-refractivity contribution in [3.8, 4) is 11.8 Å². The van der Waals surface area contributed by atoms with Gasteiger partial charge in [-0.3, -0.25) is 39.2 Å². The van der Waals surface area contributed by atoms with Gasteiger partial charge in [0.25, 0.3) is 5.91 Å². The highest BCUT2D eigenvalue weighted by atomic mass is 32.1. The number of thiocarbonyl (C=S) groups is 1. The van der Waals surface area contributed by atoms with Crippen LogP contribution in [0.25, 0.3) is 0 Å². The molecule has 59 heavy (non-hydrogen) atoms. The average Bonchev–Trinajstić information content (AvgIpc) is 3.37. The van der Waals surface area contributed by atoms with Crippen molar-refractivity contribution in [2.75, 3.05) is 53.2 Å². The van der Waals surface area contributed by atoms with Crippen LogP contribution in [0.15, 0.2) is 60.7 Å². The summed E-state index contributed by atoms with van der Waals surface area (Å²) in [5.74, 6) is -0.646. The predicted octanol–water partition coefficient (Wildman–Crippen LogP) is 5.69. The summed E-state index contributed by atoms with van der Waals surface area (Å²) in [6.45, 7) is 12.4. The first-order valence-electron chi connectivity index (χ1n) is 19.5. The largest absolute Gasteiger partial charge is 0.492 e. The number of hydrogen-bond donors (Lipinski definition) is 3. The molecule has 0 aromatic heterocycles.